The summed E-state index contributed by atoms with van der Waals surface area (Å²) in [4.78, 5) is 26.2. The van der Waals surface area contributed by atoms with Gasteiger partial charge < -0.3 is 20.6 Å². The smallest absolute Gasteiger partial charge is 0.255 e. The van der Waals surface area contributed by atoms with Crippen LogP contribution in [0, 0.1) is 0 Å². The van der Waals surface area contributed by atoms with Crippen molar-refractivity contribution in [3.8, 4) is 10.6 Å². The number of carbonyl (C=O) groups is 1. The van der Waals surface area contributed by atoms with E-state index in [0.29, 0.717) is 29.6 Å². The lowest BCUT2D eigenvalue weighted by Gasteiger charge is -2.32. The maximum Gasteiger partial charge on any atom is 0.255 e. The lowest BCUT2D eigenvalue weighted by Crippen LogP contribution is -2.43. The summed E-state index contributed by atoms with van der Waals surface area (Å²) in [5.74, 6) is 1.24. The third-order valence-electron chi connectivity index (χ3n) is 6.57. The number of nitrogens with zero attached hydrogens (tertiary/aromatic N) is 5. The number of amides is 1. The first-order valence-electron chi connectivity index (χ1n) is 11.9. The number of carbonyl (C=O) groups excluding carboxylic acids is 1. The van der Waals surface area contributed by atoms with Gasteiger partial charge in [0.15, 0.2) is 0 Å². The third kappa shape index (κ3) is 4.97. The van der Waals surface area contributed by atoms with E-state index in [1.807, 2.05) is 48.3 Å². The summed E-state index contributed by atoms with van der Waals surface area (Å²) in [7, 11) is 1.84. The number of fused-ring (bicyclic) bond motifs is 1. The second kappa shape index (κ2) is 10.2. The summed E-state index contributed by atoms with van der Waals surface area (Å²) in [5.41, 5.74) is 1.90. The van der Waals surface area contributed by atoms with Crippen LogP contribution in [0.5, 0.6) is 0 Å². The molecule has 4 aromatic rings. The fourth-order valence-corrected chi connectivity index (χ4v) is 5.99. The van der Waals surface area contributed by atoms with Crippen molar-refractivity contribution in [1.82, 2.24) is 30.0 Å². The molecule has 0 saturated heterocycles. The molecule has 1 atom stereocenters. The fourth-order valence-electron chi connectivity index (χ4n) is 4.56. The van der Waals surface area contributed by atoms with Crippen LogP contribution in [0.2, 0.25) is 5.02 Å². The number of anilines is 2. The van der Waals surface area contributed by atoms with E-state index in [1.54, 1.807) is 34.5 Å². The Hall–Kier alpha value is -3.31. The van der Waals surface area contributed by atoms with E-state index in [0.717, 1.165) is 26.8 Å². The number of aliphatic hydroxyl groups is 1. The first-order chi connectivity index (χ1) is 17.8. The van der Waals surface area contributed by atoms with Crippen LogP contribution in [0.1, 0.15) is 40.7 Å². The van der Waals surface area contributed by atoms with Crippen LogP contribution in [0.15, 0.2) is 54.9 Å². The molecule has 1 unspecified atom stereocenters. The molecule has 0 fully saturated rings. The zero-order chi connectivity index (χ0) is 26.2. The summed E-state index contributed by atoms with van der Waals surface area (Å²) in [6, 6.07) is 12.8. The molecular formula is C26H28ClN7O2S. The molecule has 4 heterocycles. The summed E-state index contributed by atoms with van der Waals surface area (Å²) in [5, 5.41) is 21.2. The zero-order valence-electron chi connectivity index (χ0n) is 20.8. The second-order valence-electron chi connectivity index (χ2n) is 9.34. The van der Waals surface area contributed by atoms with E-state index in [1.165, 1.54) is 0 Å². The average molecular weight is 538 g/mol. The number of hydrogen-bond acceptors (Lipinski definition) is 8. The maximum atomic E-state index is 13.4. The van der Waals surface area contributed by atoms with E-state index in [-0.39, 0.29) is 18.6 Å². The largest absolute Gasteiger partial charge is 0.394 e. The minimum Gasteiger partial charge on any atom is -0.394 e. The predicted octanol–water partition coefficient (Wildman–Crippen LogP) is 4.35. The van der Waals surface area contributed by atoms with Gasteiger partial charge in [-0.3, -0.25) is 9.48 Å². The monoisotopic (exact) mass is 537 g/mol. The summed E-state index contributed by atoms with van der Waals surface area (Å²) in [6.07, 6.45) is 3.40. The Morgan fingerprint density at radius 1 is 1.19 bits per heavy atom. The van der Waals surface area contributed by atoms with Crippen LogP contribution in [0.4, 0.5) is 11.8 Å². The van der Waals surface area contributed by atoms with Crippen LogP contribution < -0.4 is 10.6 Å². The van der Waals surface area contributed by atoms with Gasteiger partial charge in [0.05, 0.1) is 40.5 Å². The van der Waals surface area contributed by atoms with Crippen molar-refractivity contribution in [2.45, 2.75) is 25.4 Å². The highest BCUT2D eigenvalue weighted by atomic mass is 35.5. The van der Waals surface area contributed by atoms with Crippen molar-refractivity contribution in [2.24, 2.45) is 7.05 Å². The molecule has 192 valence electrons. The van der Waals surface area contributed by atoms with E-state index < -0.39 is 5.54 Å². The van der Waals surface area contributed by atoms with E-state index in [9.17, 15) is 9.90 Å². The predicted molar refractivity (Wildman–Crippen MR) is 145 cm³/mol. The van der Waals surface area contributed by atoms with Crippen molar-refractivity contribution < 1.29 is 9.90 Å². The Morgan fingerprint density at radius 2 is 2.03 bits per heavy atom. The summed E-state index contributed by atoms with van der Waals surface area (Å²) in [6.45, 7) is 5.10. The van der Waals surface area contributed by atoms with E-state index in [2.05, 4.69) is 39.5 Å². The topological polar surface area (TPSA) is 108 Å². The maximum absolute atomic E-state index is 13.4. The van der Waals surface area contributed by atoms with Gasteiger partial charge in [0.1, 0.15) is 5.82 Å². The van der Waals surface area contributed by atoms with E-state index in [4.69, 9.17) is 11.6 Å². The van der Waals surface area contributed by atoms with Crippen molar-refractivity contribution >= 4 is 40.6 Å². The molecule has 1 aliphatic rings. The minimum atomic E-state index is -0.468. The van der Waals surface area contributed by atoms with Gasteiger partial charge in [-0.1, -0.05) is 23.7 Å². The molecule has 37 heavy (non-hydrogen) atoms. The molecule has 0 saturated carbocycles. The summed E-state index contributed by atoms with van der Waals surface area (Å²) < 4.78 is 1.71. The third-order valence-corrected chi connectivity index (χ3v) is 8.27. The first kappa shape index (κ1) is 25.3. The molecule has 0 aliphatic carbocycles. The van der Waals surface area contributed by atoms with Crippen molar-refractivity contribution in [2.75, 3.05) is 25.0 Å². The minimum absolute atomic E-state index is 0.00473. The standard InChI is InChI=1S/C26H28ClN7O2S/c1-26(2)23-18(24(36)34(26)12-11-28-20(15-35)16-5-4-6-17(27)13-16)14-21(37-23)19-7-9-29-25(31-19)32-22-8-10-30-33(22)3/h4-10,13-14,20,28,35H,11-12,15H2,1-3H3,(H,29,31,32). The van der Waals surface area contributed by atoms with Crippen molar-refractivity contribution in [3.63, 3.8) is 0 Å². The molecule has 0 radical (unpaired) electrons. The van der Waals surface area contributed by atoms with Gasteiger partial charge in [-0.15, -0.1) is 11.3 Å². The van der Waals surface area contributed by atoms with Gasteiger partial charge >= 0.3 is 0 Å². The number of nitrogens with one attached hydrogen (secondary N) is 2. The Balaban J connectivity index is 1.29. The zero-order valence-corrected chi connectivity index (χ0v) is 22.3. The number of halogens is 1. The van der Waals surface area contributed by atoms with Gasteiger partial charge in [0.25, 0.3) is 5.91 Å². The molecule has 3 aromatic heterocycles. The Morgan fingerprint density at radius 3 is 2.73 bits per heavy atom. The quantitative estimate of drug-likeness (QED) is 0.291. The van der Waals surface area contributed by atoms with Gasteiger partial charge in [-0.25, -0.2) is 9.97 Å². The van der Waals surface area contributed by atoms with Crippen LogP contribution in [-0.2, 0) is 12.6 Å². The van der Waals surface area contributed by atoms with Crippen molar-refractivity contribution in [1.29, 1.82) is 0 Å². The molecule has 1 amide bonds. The number of aliphatic hydroxyl groups excluding tert-OH is 1. The first-order valence-corrected chi connectivity index (χ1v) is 13.1. The number of hydrogen-bond donors (Lipinski definition) is 3. The van der Waals surface area contributed by atoms with Gasteiger partial charge in [-0.2, -0.15) is 5.10 Å². The van der Waals surface area contributed by atoms with Crippen molar-refractivity contribution in [3.05, 3.63) is 75.9 Å². The molecule has 1 aliphatic heterocycles. The highest BCUT2D eigenvalue weighted by Crippen LogP contribution is 2.45. The number of aryl methyl sites for hydroxylation is 1. The van der Waals surface area contributed by atoms with Gasteiger partial charge in [0, 0.05) is 42.3 Å². The number of rotatable bonds is 9. The highest BCUT2D eigenvalue weighted by molar-refractivity contribution is 7.16. The Bertz CT molecular complexity index is 1430. The molecule has 3 N–H and O–H groups in total. The SMILES string of the molecule is Cn1nccc1Nc1nccc(-c2cc3c(s2)C(C)(C)N(CCNC(CO)c2cccc(Cl)c2)C3=O)n1. The molecule has 0 spiro atoms. The normalized spacial score (nSPS) is 15.2. The molecular weight excluding hydrogens is 510 g/mol. The van der Waals surface area contributed by atoms with Crippen LogP contribution in [0.25, 0.3) is 10.6 Å². The van der Waals surface area contributed by atoms with Gasteiger partial charge in [0.2, 0.25) is 5.95 Å². The highest BCUT2D eigenvalue weighted by Gasteiger charge is 2.44. The van der Waals surface area contributed by atoms with E-state index >= 15 is 0 Å². The second-order valence-corrected chi connectivity index (χ2v) is 10.8. The van der Waals surface area contributed by atoms with Gasteiger partial charge in [-0.05, 0) is 43.7 Å². The molecule has 11 heteroatoms. The molecule has 9 nitrogen and oxygen atoms in total. The Labute approximate surface area is 224 Å². The number of aromatic nitrogens is 4. The Kier molecular flexibility index (Phi) is 7.00. The summed E-state index contributed by atoms with van der Waals surface area (Å²) >= 11 is 7.69. The fraction of sp³-hybridized carbons (Fsp3) is 0.308. The van der Waals surface area contributed by atoms with Crippen LogP contribution >= 0.6 is 22.9 Å². The molecule has 0 bridgehead atoms. The van der Waals surface area contributed by atoms with Crippen LogP contribution in [-0.4, -0.2) is 55.4 Å². The molecule has 1 aromatic carbocycles. The lowest BCUT2D eigenvalue weighted by molar-refractivity contribution is 0.0620. The van der Waals surface area contributed by atoms with Crippen LogP contribution in [0.3, 0.4) is 0 Å². The number of benzene rings is 1. The number of thiophene rings is 1. The molecule has 5 rings (SSSR count). The average Bonchev–Trinajstić information content (AvgIpc) is 3.55. The lowest BCUT2D eigenvalue weighted by atomic mass is 10.0.